The Labute approximate surface area is 156 Å². The summed E-state index contributed by atoms with van der Waals surface area (Å²) in [5.74, 6) is 0.115. The van der Waals surface area contributed by atoms with Gasteiger partial charge in [0.1, 0.15) is 0 Å². The van der Waals surface area contributed by atoms with Gasteiger partial charge in [-0.3, -0.25) is 19.4 Å². The number of carbonyl (C=O) groups excluding carboxylic acids is 2. The number of benzene rings is 1. The highest BCUT2D eigenvalue weighted by atomic mass is 16.2. The lowest BCUT2D eigenvalue weighted by Crippen LogP contribution is -2.51. The largest absolute Gasteiger partial charge is 0.355 e. The van der Waals surface area contributed by atoms with Gasteiger partial charge in [-0.1, -0.05) is 25.5 Å². The second-order valence-corrected chi connectivity index (χ2v) is 7.05. The minimum Gasteiger partial charge on any atom is -0.355 e. The summed E-state index contributed by atoms with van der Waals surface area (Å²) in [4.78, 5) is 28.5. The van der Waals surface area contributed by atoms with E-state index in [4.69, 9.17) is 0 Å². The molecule has 1 saturated heterocycles. The summed E-state index contributed by atoms with van der Waals surface area (Å²) in [6.07, 6.45) is 2.11. The van der Waals surface area contributed by atoms with Crippen molar-refractivity contribution in [1.29, 1.82) is 0 Å². The molecule has 0 aliphatic carbocycles. The zero-order valence-electron chi connectivity index (χ0n) is 16.3. The molecule has 1 fully saturated rings. The summed E-state index contributed by atoms with van der Waals surface area (Å²) >= 11 is 0. The first-order valence-corrected chi connectivity index (χ1v) is 9.57. The van der Waals surface area contributed by atoms with Crippen LogP contribution in [0.2, 0.25) is 0 Å². The molecule has 2 amide bonds. The molecule has 0 unspecified atom stereocenters. The Morgan fingerprint density at radius 2 is 1.62 bits per heavy atom. The Kier molecular flexibility index (Phi) is 8.06. The highest BCUT2D eigenvalue weighted by Gasteiger charge is 2.20. The molecule has 1 aromatic rings. The van der Waals surface area contributed by atoms with Crippen LogP contribution >= 0.6 is 0 Å². The van der Waals surface area contributed by atoms with Crippen molar-refractivity contribution in [2.24, 2.45) is 0 Å². The van der Waals surface area contributed by atoms with Crippen molar-refractivity contribution >= 4 is 17.5 Å². The quantitative estimate of drug-likeness (QED) is 0.694. The molecule has 1 aliphatic rings. The van der Waals surface area contributed by atoms with Gasteiger partial charge in [0.05, 0.1) is 13.1 Å². The van der Waals surface area contributed by atoms with Crippen molar-refractivity contribution < 1.29 is 9.59 Å². The molecular formula is C20H32N4O2. The number of carbonyl (C=O) groups is 2. The number of aryl methyl sites for hydroxylation is 1. The standard InChI is InChI=1S/C20H32N4O2/c1-4-5-9-21-19(25)14-23-10-12-24(13-11-23)15-20(26)22-18-8-6-7-16(2)17(18)3/h6-8H,4-5,9-15H2,1-3H3,(H,21,25)(H,22,26). The van der Waals surface area contributed by atoms with Crippen LogP contribution in [-0.2, 0) is 9.59 Å². The van der Waals surface area contributed by atoms with Gasteiger partial charge in [0, 0.05) is 38.4 Å². The van der Waals surface area contributed by atoms with Gasteiger partial charge in [0.2, 0.25) is 11.8 Å². The van der Waals surface area contributed by atoms with Gasteiger partial charge in [-0.15, -0.1) is 0 Å². The zero-order chi connectivity index (χ0) is 18.9. The summed E-state index contributed by atoms with van der Waals surface area (Å²) in [7, 11) is 0. The molecule has 0 atom stereocenters. The lowest BCUT2D eigenvalue weighted by molar-refractivity contribution is -0.123. The topological polar surface area (TPSA) is 64.7 Å². The Hall–Kier alpha value is -1.92. The first-order valence-electron chi connectivity index (χ1n) is 9.57. The van der Waals surface area contributed by atoms with E-state index in [0.717, 1.165) is 56.8 Å². The van der Waals surface area contributed by atoms with Gasteiger partial charge < -0.3 is 10.6 Å². The molecule has 2 rings (SSSR count). The van der Waals surface area contributed by atoms with Crippen molar-refractivity contribution in [2.75, 3.05) is 51.1 Å². The second kappa shape index (κ2) is 10.3. The van der Waals surface area contributed by atoms with Gasteiger partial charge in [0.15, 0.2) is 0 Å². The average Bonchev–Trinajstić information content (AvgIpc) is 2.61. The molecule has 1 aromatic carbocycles. The van der Waals surface area contributed by atoms with Gasteiger partial charge in [0.25, 0.3) is 0 Å². The van der Waals surface area contributed by atoms with Crippen LogP contribution in [0.25, 0.3) is 0 Å². The number of amides is 2. The Morgan fingerprint density at radius 3 is 2.23 bits per heavy atom. The lowest BCUT2D eigenvalue weighted by atomic mass is 10.1. The average molecular weight is 361 g/mol. The van der Waals surface area contributed by atoms with Crippen LogP contribution in [0.3, 0.4) is 0 Å². The molecular weight excluding hydrogens is 328 g/mol. The van der Waals surface area contributed by atoms with E-state index in [1.54, 1.807) is 0 Å². The van der Waals surface area contributed by atoms with Gasteiger partial charge in [-0.2, -0.15) is 0 Å². The van der Waals surface area contributed by atoms with Crippen LogP contribution in [0.5, 0.6) is 0 Å². The van der Waals surface area contributed by atoms with E-state index in [1.165, 1.54) is 5.56 Å². The highest BCUT2D eigenvalue weighted by Crippen LogP contribution is 2.17. The number of hydrogen-bond donors (Lipinski definition) is 2. The number of piperazine rings is 1. The molecule has 6 heteroatoms. The number of anilines is 1. The summed E-state index contributed by atoms with van der Waals surface area (Å²) in [6.45, 7) is 11.0. The molecule has 0 saturated carbocycles. The third kappa shape index (κ3) is 6.42. The molecule has 0 radical (unpaired) electrons. The molecule has 6 nitrogen and oxygen atoms in total. The van der Waals surface area contributed by atoms with E-state index >= 15 is 0 Å². The van der Waals surface area contributed by atoms with Crippen LogP contribution in [0.15, 0.2) is 18.2 Å². The maximum Gasteiger partial charge on any atom is 0.238 e. The molecule has 0 spiro atoms. The maximum atomic E-state index is 12.3. The van der Waals surface area contributed by atoms with Crippen LogP contribution in [0.4, 0.5) is 5.69 Å². The number of hydrogen-bond acceptors (Lipinski definition) is 4. The maximum absolute atomic E-state index is 12.3. The van der Waals surface area contributed by atoms with Crippen LogP contribution < -0.4 is 10.6 Å². The van der Waals surface area contributed by atoms with E-state index in [2.05, 4.69) is 27.4 Å². The van der Waals surface area contributed by atoms with Crippen LogP contribution in [-0.4, -0.2) is 67.4 Å². The van der Waals surface area contributed by atoms with Crippen molar-refractivity contribution in [1.82, 2.24) is 15.1 Å². The first-order chi connectivity index (χ1) is 12.5. The summed E-state index contributed by atoms with van der Waals surface area (Å²) in [6, 6.07) is 5.94. The zero-order valence-corrected chi connectivity index (χ0v) is 16.3. The van der Waals surface area contributed by atoms with Crippen molar-refractivity contribution in [2.45, 2.75) is 33.6 Å². The molecule has 144 valence electrons. The minimum absolute atomic E-state index is 0.0180. The molecule has 1 heterocycles. The Bertz CT molecular complexity index is 610. The van der Waals surface area contributed by atoms with E-state index in [1.807, 2.05) is 32.0 Å². The van der Waals surface area contributed by atoms with Crippen molar-refractivity contribution in [3.8, 4) is 0 Å². The fourth-order valence-corrected chi connectivity index (χ4v) is 3.05. The Morgan fingerprint density at radius 1 is 1.00 bits per heavy atom. The Balaban J connectivity index is 1.70. The molecule has 1 aliphatic heterocycles. The second-order valence-electron chi connectivity index (χ2n) is 7.05. The van der Waals surface area contributed by atoms with Crippen LogP contribution in [0.1, 0.15) is 30.9 Å². The number of nitrogens with one attached hydrogen (secondary N) is 2. The lowest BCUT2D eigenvalue weighted by Gasteiger charge is -2.33. The number of nitrogens with zero attached hydrogens (tertiary/aromatic N) is 2. The predicted molar refractivity (Wildman–Crippen MR) is 105 cm³/mol. The van der Waals surface area contributed by atoms with E-state index in [-0.39, 0.29) is 11.8 Å². The fraction of sp³-hybridized carbons (Fsp3) is 0.600. The molecule has 0 bridgehead atoms. The van der Waals surface area contributed by atoms with Crippen molar-refractivity contribution in [3.63, 3.8) is 0 Å². The molecule has 26 heavy (non-hydrogen) atoms. The number of rotatable bonds is 8. The third-order valence-corrected chi connectivity index (χ3v) is 4.93. The number of unbranched alkanes of at least 4 members (excludes halogenated alkanes) is 1. The highest BCUT2D eigenvalue weighted by molar-refractivity contribution is 5.93. The summed E-state index contributed by atoms with van der Waals surface area (Å²) in [5, 5.41) is 5.97. The monoisotopic (exact) mass is 360 g/mol. The van der Waals surface area contributed by atoms with Crippen LogP contribution in [0, 0.1) is 13.8 Å². The SMILES string of the molecule is CCCCNC(=O)CN1CCN(CC(=O)Nc2cccc(C)c2C)CC1. The third-order valence-electron chi connectivity index (χ3n) is 4.93. The van der Waals surface area contributed by atoms with E-state index < -0.39 is 0 Å². The van der Waals surface area contributed by atoms with E-state index in [0.29, 0.717) is 13.1 Å². The van der Waals surface area contributed by atoms with Gasteiger partial charge in [-0.05, 0) is 37.5 Å². The van der Waals surface area contributed by atoms with Gasteiger partial charge >= 0.3 is 0 Å². The molecule has 0 aromatic heterocycles. The fourth-order valence-electron chi connectivity index (χ4n) is 3.05. The first kappa shape index (κ1) is 20.4. The normalized spacial score (nSPS) is 15.7. The van der Waals surface area contributed by atoms with Crippen molar-refractivity contribution in [3.05, 3.63) is 29.3 Å². The summed E-state index contributed by atoms with van der Waals surface area (Å²) < 4.78 is 0. The smallest absolute Gasteiger partial charge is 0.238 e. The minimum atomic E-state index is 0.0180. The predicted octanol–water partition coefficient (Wildman–Crippen LogP) is 1.78. The molecule has 2 N–H and O–H groups in total. The summed E-state index contributed by atoms with van der Waals surface area (Å²) in [5.41, 5.74) is 3.17. The van der Waals surface area contributed by atoms with E-state index in [9.17, 15) is 9.59 Å². The van der Waals surface area contributed by atoms with Gasteiger partial charge in [-0.25, -0.2) is 0 Å².